The van der Waals surface area contributed by atoms with Crippen LogP contribution in [0.15, 0.2) is 30.3 Å². The van der Waals surface area contributed by atoms with E-state index in [0.717, 1.165) is 42.4 Å². The molecule has 1 aromatic heterocycles. The molecular formula is C16H20N2O. The van der Waals surface area contributed by atoms with Crippen LogP contribution in [-0.2, 0) is 0 Å². The van der Waals surface area contributed by atoms with Crippen molar-refractivity contribution in [1.82, 2.24) is 9.88 Å². The Balaban J connectivity index is 1.89. The van der Waals surface area contributed by atoms with Crippen LogP contribution in [0.25, 0.3) is 10.9 Å². The molecule has 19 heavy (non-hydrogen) atoms. The molecule has 0 radical (unpaired) electrons. The normalized spacial score (nSPS) is 19.8. The summed E-state index contributed by atoms with van der Waals surface area (Å²) in [7, 11) is 0. The molecular weight excluding hydrogens is 236 g/mol. The van der Waals surface area contributed by atoms with Crippen LogP contribution in [0.4, 0.5) is 0 Å². The lowest BCUT2D eigenvalue weighted by atomic mass is 9.99. The molecule has 3 heteroatoms. The first-order valence-corrected chi connectivity index (χ1v) is 7.18. The lowest BCUT2D eigenvalue weighted by Crippen LogP contribution is -2.43. The van der Waals surface area contributed by atoms with Gasteiger partial charge in [0.15, 0.2) is 0 Å². The summed E-state index contributed by atoms with van der Waals surface area (Å²) in [6, 6.07) is 10.4. The number of benzene rings is 1. The number of para-hydroxylation sites is 1. The number of H-pyrrole nitrogens is 1. The number of likely N-dealkylation sites (tertiary alicyclic amines) is 1. The SMILES string of the molecule is CCC1CCCCN1C(=O)c1cc2ccccc2[nH]1. The van der Waals surface area contributed by atoms with Crippen molar-refractivity contribution >= 4 is 16.8 Å². The van der Waals surface area contributed by atoms with Crippen molar-refractivity contribution < 1.29 is 4.79 Å². The first-order chi connectivity index (χ1) is 9.29. The van der Waals surface area contributed by atoms with Crippen LogP contribution in [0.5, 0.6) is 0 Å². The largest absolute Gasteiger partial charge is 0.351 e. The van der Waals surface area contributed by atoms with Gasteiger partial charge in [-0.1, -0.05) is 25.1 Å². The fraction of sp³-hybridized carbons (Fsp3) is 0.438. The molecule has 1 aliphatic rings. The fourth-order valence-electron chi connectivity index (χ4n) is 3.04. The molecule has 3 nitrogen and oxygen atoms in total. The molecule has 1 amide bonds. The first kappa shape index (κ1) is 12.3. The Morgan fingerprint density at radius 3 is 3.00 bits per heavy atom. The van der Waals surface area contributed by atoms with E-state index in [2.05, 4.69) is 11.9 Å². The highest BCUT2D eigenvalue weighted by atomic mass is 16.2. The summed E-state index contributed by atoms with van der Waals surface area (Å²) in [6.45, 7) is 3.06. The van der Waals surface area contributed by atoms with E-state index in [4.69, 9.17) is 0 Å². The Hall–Kier alpha value is -1.77. The van der Waals surface area contributed by atoms with Gasteiger partial charge in [0.25, 0.3) is 5.91 Å². The second-order valence-electron chi connectivity index (χ2n) is 5.33. The molecule has 1 aromatic carbocycles. The lowest BCUT2D eigenvalue weighted by Gasteiger charge is -2.35. The predicted molar refractivity (Wildman–Crippen MR) is 77.3 cm³/mol. The maximum atomic E-state index is 12.6. The molecule has 2 heterocycles. The van der Waals surface area contributed by atoms with Gasteiger partial charge in [-0.25, -0.2) is 0 Å². The number of amides is 1. The molecule has 0 saturated carbocycles. The standard InChI is InChI=1S/C16H20N2O/c1-2-13-8-5-6-10-18(13)16(19)15-11-12-7-3-4-9-14(12)17-15/h3-4,7,9,11,13,17H,2,5-6,8,10H2,1H3. The Morgan fingerprint density at radius 1 is 1.37 bits per heavy atom. The molecule has 100 valence electrons. The molecule has 3 rings (SSSR count). The molecule has 1 aliphatic heterocycles. The van der Waals surface area contributed by atoms with Gasteiger partial charge in [0.1, 0.15) is 5.69 Å². The summed E-state index contributed by atoms with van der Waals surface area (Å²) in [5.41, 5.74) is 1.76. The monoisotopic (exact) mass is 256 g/mol. The summed E-state index contributed by atoms with van der Waals surface area (Å²) >= 11 is 0. The quantitative estimate of drug-likeness (QED) is 0.876. The number of piperidine rings is 1. The smallest absolute Gasteiger partial charge is 0.270 e. The number of carbonyl (C=O) groups is 1. The maximum Gasteiger partial charge on any atom is 0.270 e. The summed E-state index contributed by atoms with van der Waals surface area (Å²) < 4.78 is 0. The molecule has 1 fully saturated rings. The highest BCUT2D eigenvalue weighted by Crippen LogP contribution is 2.23. The molecule has 0 spiro atoms. The Kier molecular flexibility index (Phi) is 3.28. The molecule has 1 unspecified atom stereocenters. The molecule has 1 N–H and O–H groups in total. The third-order valence-corrected chi connectivity index (χ3v) is 4.12. The van der Waals surface area contributed by atoms with E-state index >= 15 is 0 Å². The average Bonchev–Trinajstić information content (AvgIpc) is 2.90. The van der Waals surface area contributed by atoms with Crippen molar-refractivity contribution in [2.45, 2.75) is 38.6 Å². The van der Waals surface area contributed by atoms with E-state index in [9.17, 15) is 4.79 Å². The van der Waals surface area contributed by atoms with E-state index in [1.165, 1.54) is 6.42 Å². The van der Waals surface area contributed by atoms with Crippen molar-refractivity contribution in [3.05, 3.63) is 36.0 Å². The van der Waals surface area contributed by atoms with Gasteiger partial charge in [-0.05, 0) is 37.8 Å². The summed E-state index contributed by atoms with van der Waals surface area (Å²) in [5.74, 6) is 0.155. The summed E-state index contributed by atoms with van der Waals surface area (Å²) in [5, 5.41) is 1.11. The van der Waals surface area contributed by atoms with Crippen LogP contribution in [-0.4, -0.2) is 28.4 Å². The van der Waals surface area contributed by atoms with Gasteiger partial charge >= 0.3 is 0 Å². The molecule has 1 saturated heterocycles. The minimum atomic E-state index is 0.155. The van der Waals surface area contributed by atoms with Gasteiger partial charge in [-0.15, -0.1) is 0 Å². The highest BCUT2D eigenvalue weighted by Gasteiger charge is 2.26. The topological polar surface area (TPSA) is 36.1 Å². The number of hydrogen-bond donors (Lipinski definition) is 1. The van der Waals surface area contributed by atoms with E-state index in [-0.39, 0.29) is 5.91 Å². The number of aromatic amines is 1. The number of fused-ring (bicyclic) bond motifs is 1. The lowest BCUT2D eigenvalue weighted by molar-refractivity contribution is 0.0603. The van der Waals surface area contributed by atoms with Gasteiger partial charge in [0.05, 0.1) is 0 Å². The van der Waals surface area contributed by atoms with Gasteiger partial charge in [-0.2, -0.15) is 0 Å². The number of hydrogen-bond acceptors (Lipinski definition) is 1. The molecule has 0 bridgehead atoms. The Morgan fingerprint density at radius 2 is 2.21 bits per heavy atom. The van der Waals surface area contributed by atoms with Crippen LogP contribution in [0.2, 0.25) is 0 Å². The van der Waals surface area contributed by atoms with Gasteiger partial charge in [0.2, 0.25) is 0 Å². The third-order valence-electron chi connectivity index (χ3n) is 4.12. The molecule has 0 aliphatic carbocycles. The predicted octanol–water partition coefficient (Wildman–Crippen LogP) is 3.57. The van der Waals surface area contributed by atoms with Gasteiger partial charge < -0.3 is 9.88 Å². The van der Waals surface area contributed by atoms with E-state index < -0.39 is 0 Å². The maximum absolute atomic E-state index is 12.6. The third kappa shape index (κ3) is 2.25. The van der Waals surface area contributed by atoms with Crippen molar-refractivity contribution in [3.8, 4) is 0 Å². The van der Waals surface area contributed by atoms with Crippen LogP contribution in [0.1, 0.15) is 43.1 Å². The van der Waals surface area contributed by atoms with Crippen molar-refractivity contribution in [2.75, 3.05) is 6.54 Å². The van der Waals surface area contributed by atoms with Crippen LogP contribution >= 0.6 is 0 Å². The van der Waals surface area contributed by atoms with E-state index in [1.807, 2.05) is 35.2 Å². The van der Waals surface area contributed by atoms with Crippen LogP contribution in [0.3, 0.4) is 0 Å². The van der Waals surface area contributed by atoms with E-state index in [1.54, 1.807) is 0 Å². The van der Waals surface area contributed by atoms with Crippen molar-refractivity contribution in [3.63, 3.8) is 0 Å². The number of rotatable bonds is 2. The number of aromatic nitrogens is 1. The summed E-state index contributed by atoms with van der Waals surface area (Å²) in [4.78, 5) is 17.9. The molecule has 1 atom stereocenters. The number of carbonyl (C=O) groups excluding carboxylic acids is 1. The second-order valence-corrected chi connectivity index (χ2v) is 5.33. The van der Waals surface area contributed by atoms with Gasteiger partial charge in [0, 0.05) is 23.5 Å². The minimum Gasteiger partial charge on any atom is -0.351 e. The molecule has 2 aromatic rings. The minimum absolute atomic E-state index is 0.155. The van der Waals surface area contributed by atoms with Crippen molar-refractivity contribution in [2.24, 2.45) is 0 Å². The fourth-order valence-corrected chi connectivity index (χ4v) is 3.04. The highest BCUT2D eigenvalue weighted by molar-refractivity contribution is 5.98. The first-order valence-electron chi connectivity index (χ1n) is 7.18. The Labute approximate surface area is 113 Å². The number of nitrogens with zero attached hydrogens (tertiary/aromatic N) is 1. The van der Waals surface area contributed by atoms with Gasteiger partial charge in [-0.3, -0.25) is 4.79 Å². The zero-order valence-corrected chi connectivity index (χ0v) is 11.4. The Bertz CT molecular complexity index is 554. The van der Waals surface area contributed by atoms with Crippen LogP contribution in [0, 0.1) is 0 Å². The average molecular weight is 256 g/mol. The number of nitrogens with one attached hydrogen (secondary N) is 1. The zero-order valence-electron chi connectivity index (χ0n) is 11.4. The van der Waals surface area contributed by atoms with Crippen molar-refractivity contribution in [1.29, 1.82) is 0 Å². The summed E-state index contributed by atoms with van der Waals surface area (Å²) in [6.07, 6.45) is 4.56. The second kappa shape index (κ2) is 5.08. The zero-order chi connectivity index (χ0) is 13.2. The van der Waals surface area contributed by atoms with Crippen LogP contribution < -0.4 is 0 Å². The van der Waals surface area contributed by atoms with E-state index in [0.29, 0.717) is 6.04 Å².